The zero-order chi connectivity index (χ0) is 20.9. The molecule has 1 heterocycles. The fraction of sp³-hybridized carbons (Fsp3) is 0.182. The molecule has 1 aromatic heterocycles. The molecule has 148 valence electrons. The van der Waals surface area contributed by atoms with Crippen molar-refractivity contribution in [2.24, 2.45) is 0 Å². The van der Waals surface area contributed by atoms with Crippen LogP contribution in [0, 0.1) is 18.8 Å². The summed E-state index contributed by atoms with van der Waals surface area (Å²) in [4.78, 5) is 16.5. The number of carbonyl (C=O) groups excluding carboxylic acids is 1. The van der Waals surface area contributed by atoms with E-state index in [9.17, 15) is 18.0 Å². The number of hydrogen-bond acceptors (Lipinski definition) is 3. The highest BCUT2D eigenvalue weighted by atomic mass is 19.4. The number of carbonyl (C=O) groups is 1. The van der Waals surface area contributed by atoms with Gasteiger partial charge in [-0.1, -0.05) is 36.1 Å². The molecule has 0 aliphatic rings. The highest BCUT2D eigenvalue weighted by molar-refractivity contribution is 5.78. The number of nitrogens with one attached hydrogen (secondary N) is 1. The zero-order valence-electron chi connectivity index (χ0n) is 15.5. The maximum Gasteiger partial charge on any atom is 0.416 e. The van der Waals surface area contributed by atoms with Gasteiger partial charge >= 0.3 is 6.18 Å². The Kier molecular flexibility index (Phi) is 6.03. The number of alkyl halides is 3. The van der Waals surface area contributed by atoms with Crippen LogP contribution >= 0.6 is 0 Å². The van der Waals surface area contributed by atoms with E-state index in [1.54, 1.807) is 6.92 Å². The van der Waals surface area contributed by atoms with Gasteiger partial charge in [-0.15, -0.1) is 0 Å². The summed E-state index contributed by atoms with van der Waals surface area (Å²) in [6, 6.07) is 14.1. The Bertz CT molecular complexity index is 1060. The molecule has 0 saturated heterocycles. The second kappa shape index (κ2) is 8.65. The first-order valence-corrected chi connectivity index (χ1v) is 8.77. The molecule has 29 heavy (non-hydrogen) atoms. The Morgan fingerprint density at radius 3 is 2.62 bits per heavy atom. The maximum absolute atomic E-state index is 12.7. The van der Waals surface area contributed by atoms with E-state index in [1.165, 1.54) is 12.1 Å². The number of amides is 1. The van der Waals surface area contributed by atoms with Crippen LogP contribution < -0.4 is 5.32 Å². The first-order chi connectivity index (χ1) is 13.8. The van der Waals surface area contributed by atoms with Crippen LogP contribution in [-0.4, -0.2) is 17.4 Å². The molecule has 1 N–H and O–H groups in total. The number of aromatic nitrogens is 1. The van der Waals surface area contributed by atoms with Crippen molar-refractivity contribution >= 4 is 5.91 Å². The number of aryl methyl sites for hydroxylation is 1. The van der Waals surface area contributed by atoms with Crippen molar-refractivity contribution in [1.82, 2.24) is 10.3 Å². The van der Waals surface area contributed by atoms with Gasteiger partial charge in [0.25, 0.3) is 0 Å². The molecule has 4 nitrogen and oxygen atoms in total. The molecule has 0 saturated carbocycles. The van der Waals surface area contributed by atoms with E-state index in [-0.39, 0.29) is 24.4 Å². The van der Waals surface area contributed by atoms with E-state index in [0.717, 1.165) is 17.7 Å². The molecule has 1 amide bonds. The van der Waals surface area contributed by atoms with Crippen LogP contribution in [0.3, 0.4) is 0 Å². The molecule has 0 fully saturated rings. The lowest BCUT2D eigenvalue weighted by Gasteiger charge is -2.05. The lowest BCUT2D eigenvalue weighted by Crippen LogP contribution is -2.25. The molecule has 3 rings (SSSR count). The number of hydrogen-bond donors (Lipinski definition) is 1. The molecule has 3 aromatic rings. The Morgan fingerprint density at radius 1 is 1.14 bits per heavy atom. The summed E-state index contributed by atoms with van der Waals surface area (Å²) in [7, 11) is 0. The third-order valence-corrected chi connectivity index (χ3v) is 4.04. The normalized spacial score (nSPS) is 10.9. The predicted octanol–water partition coefficient (Wildman–Crippen LogP) is 4.38. The first kappa shape index (κ1) is 20.2. The molecular weight excluding hydrogens is 381 g/mol. The number of halogens is 3. The van der Waals surface area contributed by atoms with Gasteiger partial charge < -0.3 is 9.73 Å². The smallest absolute Gasteiger partial charge is 0.416 e. The quantitative estimate of drug-likeness (QED) is 0.664. The average Bonchev–Trinajstić information content (AvgIpc) is 3.06. The van der Waals surface area contributed by atoms with Gasteiger partial charge in [-0.05, 0) is 37.3 Å². The van der Waals surface area contributed by atoms with Gasteiger partial charge in [-0.2, -0.15) is 13.2 Å². The molecule has 0 unspecified atom stereocenters. The predicted molar refractivity (Wildman–Crippen MR) is 102 cm³/mol. The van der Waals surface area contributed by atoms with Crippen molar-refractivity contribution in [2.75, 3.05) is 6.54 Å². The Labute approximate surface area is 165 Å². The molecule has 0 radical (unpaired) electrons. The van der Waals surface area contributed by atoms with Crippen LogP contribution in [0.5, 0.6) is 0 Å². The van der Waals surface area contributed by atoms with Crippen LogP contribution in [0.4, 0.5) is 13.2 Å². The van der Waals surface area contributed by atoms with Crippen molar-refractivity contribution in [2.45, 2.75) is 19.5 Å². The third-order valence-electron chi connectivity index (χ3n) is 4.04. The molecule has 0 atom stereocenters. The van der Waals surface area contributed by atoms with Crippen molar-refractivity contribution < 1.29 is 22.4 Å². The van der Waals surface area contributed by atoms with Crippen LogP contribution in [0.1, 0.15) is 22.6 Å². The molecule has 0 bridgehead atoms. The van der Waals surface area contributed by atoms with Crippen LogP contribution in [-0.2, 0) is 17.4 Å². The van der Waals surface area contributed by atoms with Crippen molar-refractivity contribution in [3.8, 4) is 23.3 Å². The molecule has 2 aromatic carbocycles. The van der Waals surface area contributed by atoms with Crippen LogP contribution in [0.15, 0.2) is 59.0 Å². The average molecular weight is 398 g/mol. The second-order valence-electron chi connectivity index (χ2n) is 6.22. The van der Waals surface area contributed by atoms with Gasteiger partial charge in [0.15, 0.2) is 0 Å². The number of nitrogens with zero attached hydrogens (tertiary/aromatic N) is 1. The summed E-state index contributed by atoms with van der Waals surface area (Å²) in [6.45, 7) is 1.74. The Balaban J connectivity index is 1.57. The van der Waals surface area contributed by atoms with E-state index in [0.29, 0.717) is 17.3 Å². The van der Waals surface area contributed by atoms with Gasteiger partial charge in [0.05, 0.1) is 24.2 Å². The second-order valence-corrected chi connectivity index (χ2v) is 6.22. The fourth-order valence-corrected chi connectivity index (χ4v) is 2.57. The molecule has 0 spiro atoms. The Morgan fingerprint density at radius 2 is 1.90 bits per heavy atom. The number of benzene rings is 2. The minimum atomic E-state index is -4.42. The van der Waals surface area contributed by atoms with Gasteiger partial charge in [0.2, 0.25) is 11.8 Å². The zero-order valence-corrected chi connectivity index (χ0v) is 15.5. The monoisotopic (exact) mass is 398 g/mol. The van der Waals surface area contributed by atoms with E-state index in [2.05, 4.69) is 22.1 Å². The molecule has 0 aliphatic heterocycles. The maximum atomic E-state index is 12.7. The topological polar surface area (TPSA) is 55.1 Å². The van der Waals surface area contributed by atoms with E-state index < -0.39 is 11.7 Å². The highest BCUT2D eigenvalue weighted by Crippen LogP contribution is 2.29. The van der Waals surface area contributed by atoms with Gasteiger partial charge in [0, 0.05) is 11.1 Å². The molecule has 0 aliphatic carbocycles. The molecule has 7 heteroatoms. The fourth-order valence-electron chi connectivity index (χ4n) is 2.57. The first-order valence-electron chi connectivity index (χ1n) is 8.77. The summed E-state index contributed by atoms with van der Waals surface area (Å²) < 4.78 is 43.7. The Hall–Kier alpha value is -3.53. The summed E-state index contributed by atoms with van der Waals surface area (Å²) in [6.07, 6.45) is -4.40. The van der Waals surface area contributed by atoms with E-state index >= 15 is 0 Å². The minimum absolute atomic E-state index is 0.0114. The largest absolute Gasteiger partial charge is 0.441 e. The minimum Gasteiger partial charge on any atom is -0.441 e. The number of oxazole rings is 1. The lowest BCUT2D eigenvalue weighted by atomic mass is 10.1. The van der Waals surface area contributed by atoms with Crippen molar-refractivity contribution in [3.63, 3.8) is 0 Å². The lowest BCUT2D eigenvalue weighted by molar-refractivity contribution is -0.137. The third kappa shape index (κ3) is 5.48. The summed E-state index contributed by atoms with van der Waals surface area (Å²) in [5.41, 5.74) is 0.805. The van der Waals surface area contributed by atoms with Crippen molar-refractivity contribution in [1.29, 1.82) is 0 Å². The standard InChI is InChI=1S/C22H17F3N2O2/c1-15-19(27-21(29-15)17-9-3-2-4-10-17)14-20(28)26-12-6-8-16-7-5-11-18(13-16)22(23,24)25/h2-5,7,9-11,13H,12,14H2,1H3,(H,26,28). The highest BCUT2D eigenvalue weighted by Gasteiger charge is 2.30. The molecular formula is C22H17F3N2O2. The number of rotatable bonds is 4. The summed E-state index contributed by atoms with van der Waals surface area (Å²) in [5.74, 6) is 5.95. The van der Waals surface area contributed by atoms with Gasteiger partial charge in [-0.3, -0.25) is 4.79 Å². The van der Waals surface area contributed by atoms with Crippen LogP contribution in [0.25, 0.3) is 11.5 Å². The van der Waals surface area contributed by atoms with Gasteiger partial charge in [-0.25, -0.2) is 4.98 Å². The van der Waals surface area contributed by atoms with Crippen molar-refractivity contribution in [3.05, 3.63) is 77.2 Å². The van der Waals surface area contributed by atoms with E-state index in [4.69, 9.17) is 4.42 Å². The SMILES string of the molecule is Cc1oc(-c2ccccc2)nc1CC(=O)NCC#Cc1cccc(C(F)(F)F)c1. The van der Waals surface area contributed by atoms with Crippen LogP contribution in [0.2, 0.25) is 0 Å². The summed E-state index contributed by atoms with van der Waals surface area (Å²) >= 11 is 0. The van der Waals surface area contributed by atoms with E-state index in [1.807, 2.05) is 30.3 Å². The summed E-state index contributed by atoms with van der Waals surface area (Å²) in [5, 5.41) is 2.61. The van der Waals surface area contributed by atoms with Gasteiger partial charge in [0.1, 0.15) is 5.76 Å².